The zero-order valence-electron chi connectivity index (χ0n) is 10.2. The van der Waals surface area contributed by atoms with Crippen molar-refractivity contribution in [2.24, 2.45) is 5.92 Å². The Morgan fingerprint density at radius 1 is 1.44 bits per heavy atom. The molecule has 18 heavy (non-hydrogen) atoms. The first kappa shape index (κ1) is 13.2. The summed E-state index contributed by atoms with van der Waals surface area (Å²) in [5.41, 5.74) is 2.01. The Hall–Kier alpha value is -1.27. The molecule has 1 N–H and O–H groups in total. The van der Waals surface area contributed by atoms with E-state index in [-0.39, 0.29) is 6.54 Å². The predicted molar refractivity (Wildman–Crippen MR) is 77.0 cm³/mol. The summed E-state index contributed by atoms with van der Waals surface area (Å²) in [6.07, 6.45) is 2.91. The first-order valence-electron chi connectivity index (χ1n) is 5.69. The Bertz CT molecular complexity index is 501. The Morgan fingerprint density at radius 2 is 2.11 bits per heavy atom. The third kappa shape index (κ3) is 2.30. The zero-order chi connectivity index (χ0) is 13.4. The molecule has 0 saturated heterocycles. The van der Waals surface area contributed by atoms with Gasteiger partial charge >= 0.3 is 5.97 Å². The fraction of sp³-hybridized carbons (Fsp3) is 0.417. The number of nitrogens with zero attached hydrogens (tertiary/aromatic N) is 2. The highest BCUT2D eigenvalue weighted by molar-refractivity contribution is 7.82. The smallest absolute Gasteiger partial charge is 0.323 e. The van der Waals surface area contributed by atoms with E-state index in [0.29, 0.717) is 16.0 Å². The van der Waals surface area contributed by atoms with E-state index in [1.807, 2.05) is 12.3 Å². The fourth-order valence-corrected chi connectivity index (χ4v) is 2.73. The predicted octanol–water partition coefficient (Wildman–Crippen LogP) is 1.90. The number of carbonyl (C=O) groups is 1. The van der Waals surface area contributed by atoms with Crippen LogP contribution in [0.5, 0.6) is 0 Å². The fourth-order valence-electron chi connectivity index (χ4n) is 2.05. The van der Waals surface area contributed by atoms with Crippen LogP contribution in [-0.2, 0) is 11.2 Å². The molecule has 0 amide bonds. The maximum absolute atomic E-state index is 10.8. The van der Waals surface area contributed by atoms with Crippen LogP contribution in [0.3, 0.4) is 0 Å². The summed E-state index contributed by atoms with van der Waals surface area (Å²) in [6.45, 7) is 4.12. The molecule has 4 nitrogen and oxygen atoms in total. The molecule has 0 aliphatic carbocycles. The summed E-state index contributed by atoms with van der Waals surface area (Å²) in [7, 11) is 0. The lowest BCUT2D eigenvalue weighted by molar-refractivity contribution is -0.136. The first-order chi connectivity index (χ1) is 8.40. The highest BCUT2D eigenvalue weighted by atomic mass is 32.1. The van der Waals surface area contributed by atoms with Gasteiger partial charge in [0.05, 0.1) is 5.69 Å². The van der Waals surface area contributed by atoms with Gasteiger partial charge in [0, 0.05) is 6.20 Å². The molecule has 1 aliphatic heterocycles. The van der Waals surface area contributed by atoms with Gasteiger partial charge in [-0.15, -0.1) is 0 Å². The molecule has 1 aliphatic rings. The minimum atomic E-state index is -0.937. The van der Waals surface area contributed by atoms with Gasteiger partial charge < -0.3 is 5.11 Å². The van der Waals surface area contributed by atoms with Crippen molar-refractivity contribution < 1.29 is 9.90 Å². The topological polar surface area (TPSA) is 45.5 Å². The van der Waals surface area contributed by atoms with Gasteiger partial charge in [-0.3, -0.25) is 14.3 Å². The third-order valence-electron chi connectivity index (χ3n) is 2.72. The zero-order valence-corrected chi connectivity index (χ0v) is 11.8. The van der Waals surface area contributed by atoms with Crippen LogP contribution in [0.25, 0.3) is 0 Å². The second-order valence-electron chi connectivity index (χ2n) is 4.77. The summed E-state index contributed by atoms with van der Waals surface area (Å²) >= 11 is 10.5. The van der Waals surface area contributed by atoms with Crippen LogP contribution < -0.4 is 0 Å². The summed E-state index contributed by atoms with van der Waals surface area (Å²) in [5, 5.41) is 9.28. The van der Waals surface area contributed by atoms with Crippen molar-refractivity contribution in [2.45, 2.75) is 20.3 Å². The van der Waals surface area contributed by atoms with Crippen LogP contribution in [-0.4, -0.2) is 37.2 Å². The molecular weight excluding hydrogens is 268 g/mol. The Labute approximate surface area is 116 Å². The summed E-state index contributed by atoms with van der Waals surface area (Å²) in [6, 6.07) is 2.00. The summed E-state index contributed by atoms with van der Waals surface area (Å²) < 4.78 is 1.80. The minimum Gasteiger partial charge on any atom is -0.480 e. The number of hydrogen-bond donors (Lipinski definition) is 1. The van der Waals surface area contributed by atoms with Gasteiger partial charge in [0.25, 0.3) is 0 Å². The summed E-state index contributed by atoms with van der Waals surface area (Å²) in [5.74, 6) is -0.377. The third-order valence-corrected chi connectivity index (χ3v) is 3.56. The van der Waals surface area contributed by atoms with Crippen molar-refractivity contribution >= 4 is 40.5 Å². The van der Waals surface area contributed by atoms with Crippen LogP contribution in [0.4, 0.5) is 0 Å². The van der Waals surface area contributed by atoms with Crippen molar-refractivity contribution in [1.82, 2.24) is 9.47 Å². The van der Waals surface area contributed by atoms with E-state index in [9.17, 15) is 4.79 Å². The monoisotopic (exact) mass is 282 g/mol. The van der Waals surface area contributed by atoms with Crippen molar-refractivity contribution in [3.05, 3.63) is 23.5 Å². The van der Waals surface area contributed by atoms with Crippen molar-refractivity contribution in [3.63, 3.8) is 0 Å². The average molecular weight is 282 g/mol. The number of aromatic nitrogens is 1. The van der Waals surface area contributed by atoms with Crippen LogP contribution in [0.1, 0.15) is 25.1 Å². The number of aliphatic carboxylic acids is 1. The van der Waals surface area contributed by atoms with E-state index in [1.54, 1.807) is 4.57 Å². The Morgan fingerprint density at radius 3 is 2.61 bits per heavy atom. The maximum atomic E-state index is 10.8. The van der Waals surface area contributed by atoms with Gasteiger partial charge in [-0.05, 0) is 36.2 Å². The summed E-state index contributed by atoms with van der Waals surface area (Å²) in [4.78, 5) is 12.7. The molecule has 0 fully saturated rings. The Kier molecular flexibility index (Phi) is 3.49. The normalized spacial score (nSPS) is 14.5. The van der Waals surface area contributed by atoms with Gasteiger partial charge in [0.1, 0.15) is 11.5 Å². The number of carboxylic acids is 1. The first-order valence-corrected chi connectivity index (χ1v) is 6.51. The molecule has 2 heterocycles. The van der Waals surface area contributed by atoms with Crippen molar-refractivity contribution in [2.75, 3.05) is 6.54 Å². The van der Waals surface area contributed by atoms with E-state index in [0.717, 1.165) is 12.1 Å². The van der Waals surface area contributed by atoms with E-state index in [4.69, 9.17) is 29.5 Å². The van der Waals surface area contributed by atoms with E-state index >= 15 is 0 Å². The van der Waals surface area contributed by atoms with Gasteiger partial charge in [-0.1, -0.05) is 26.1 Å². The molecule has 1 aromatic heterocycles. The highest BCUT2D eigenvalue weighted by Gasteiger charge is 2.31. The second-order valence-corrected chi connectivity index (χ2v) is 5.52. The van der Waals surface area contributed by atoms with Crippen LogP contribution in [0, 0.1) is 5.92 Å². The molecule has 0 spiro atoms. The number of thiocarbonyl (C=S) groups is 2. The largest absolute Gasteiger partial charge is 0.480 e. The highest BCUT2D eigenvalue weighted by Crippen LogP contribution is 2.22. The molecular formula is C12H14N2O2S2. The van der Waals surface area contributed by atoms with E-state index in [2.05, 4.69) is 13.8 Å². The van der Waals surface area contributed by atoms with Crippen LogP contribution in [0.2, 0.25) is 0 Å². The molecule has 0 aromatic carbocycles. The second kappa shape index (κ2) is 4.78. The maximum Gasteiger partial charge on any atom is 0.323 e. The van der Waals surface area contributed by atoms with Gasteiger partial charge in [-0.2, -0.15) is 0 Å². The number of fused-ring (bicyclic) bond motifs is 1. The Balaban J connectivity index is 2.27. The standard InChI is InChI=1S/C12H14N2O2S2/c1-7(2)3-8-4-9-11(17)14(6-10(15)16)12(18)13(9)5-8/h4-5,7H,3,6H2,1-2H3,(H,15,16). The molecule has 0 radical (unpaired) electrons. The van der Waals surface area contributed by atoms with E-state index < -0.39 is 5.97 Å². The van der Waals surface area contributed by atoms with Crippen molar-refractivity contribution in [1.29, 1.82) is 0 Å². The molecule has 6 heteroatoms. The molecule has 0 atom stereocenters. The lowest BCUT2D eigenvalue weighted by atomic mass is 10.1. The number of hydrogen-bond acceptors (Lipinski definition) is 3. The average Bonchev–Trinajstić information content (AvgIpc) is 2.73. The molecule has 1 aromatic rings. The molecule has 2 rings (SSSR count). The lowest BCUT2D eigenvalue weighted by Crippen LogP contribution is -2.35. The van der Waals surface area contributed by atoms with E-state index in [1.165, 1.54) is 10.5 Å². The number of carboxylic acid groups (broad SMARTS) is 1. The van der Waals surface area contributed by atoms with Crippen molar-refractivity contribution in [3.8, 4) is 0 Å². The molecule has 0 unspecified atom stereocenters. The SMILES string of the molecule is CC(C)Cc1cc2n(c1)C(=S)N(CC(=O)O)C2=S. The van der Waals surface area contributed by atoms with Gasteiger partial charge in [-0.25, -0.2) is 0 Å². The number of rotatable bonds is 4. The molecule has 0 saturated carbocycles. The van der Waals surface area contributed by atoms with Gasteiger partial charge in [0.15, 0.2) is 5.11 Å². The lowest BCUT2D eigenvalue weighted by Gasteiger charge is -2.14. The molecule has 0 bridgehead atoms. The van der Waals surface area contributed by atoms with Crippen LogP contribution in [0.15, 0.2) is 12.3 Å². The quantitative estimate of drug-likeness (QED) is 0.855. The van der Waals surface area contributed by atoms with Crippen LogP contribution >= 0.6 is 24.4 Å². The minimum absolute atomic E-state index is 0.182. The molecule has 96 valence electrons. The van der Waals surface area contributed by atoms with Gasteiger partial charge in [0.2, 0.25) is 0 Å².